The van der Waals surface area contributed by atoms with E-state index in [-0.39, 0.29) is 5.69 Å². The molecule has 3 rings (SSSR count). The molecule has 0 saturated carbocycles. The number of aromatic carboxylic acids is 1. The van der Waals surface area contributed by atoms with Crippen LogP contribution in [0.4, 0.5) is 0 Å². The molecule has 0 radical (unpaired) electrons. The van der Waals surface area contributed by atoms with Crippen molar-refractivity contribution in [2.75, 3.05) is 0 Å². The molecule has 1 heterocycles. The van der Waals surface area contributed by atoms with Crippen LogP contribution >= 0.6 is 11.6 Å². The molecule has 4 nitrogen and oxygen atoms in total. The lowest BCUT2D eigenvalue weighted by atomic mass is 10.1. The Balaban J connectivity index is 2.27. The lowest BCUT2D eigenvalue weighted by Gasteiger charge is -2.08. The first-order valence-electron chi connectivity index (χ1n) is 6.72. The standard InChI is InChI=1S/C17H13ClN2O2/c1-11-15(17(21)22)19-20(14-9-7-13(18)8-10-14)16(11)12-5-3-2-4-6-12/h2-10H,1H3,(H,21,22). The number of carbonyl (C=O) groups is 1. The van der Waals surface area contributed by atoms with Gasteiger partial charge in [-0.1, -0.05) is 41.9 Å². The van der Waals surface area contributed by atoms with Crippen molar-refractivity contribution in [1.82, 2.24) is 9.78 Å². The van der Waals surface area contributed by atoms with Gasteiger partial charge in [-0.15, -0.1) is 0 Å². The van der Waals surface area contributed by atoms with E-state index in [0.717, 1.165) is 16.9 Å². The number of carboxylic acid groups (broad SMARTS) is 1. The largest absolute Gasteiger partial charge is 0.476 e. The maximum absolute atomic E-state index is 11.4. The zero-order valence-corrected chi connectivity index (χ0v) is 12.6. The second-order valence-electron chi connectivity index (χ2n) is 4.88. The van der Waals surface area contributed by atoms with Gasteiger partial charge in [0.2, 0.25) is 0 Å². The molecule has 110 valence electrons. The van der Waals surface area contributed by atoms with E-state index < -0.39 is 5.97 Å². The van der Waals surface area contributed by atoms with Crippen molar-refractivity contribution < 1.29 is 9.90 Å². The highest BCUT2D eigenvalue weighted by Gasteiger charge is 2.21. The van der Waals surface area contributed by atoms with Crippen molar-refractivity contribution in [2.24, 2.45) is 0 Å². The lowest BCUT2D eigenvalue weighted by Crippen LogP contribution is -2.02. The normalized spacial score (nSPS) is 10.6. The van der Waals surface area contributed by atoms with Crippen LogP contribution in [-0.2, 0) is 0 Å². The molecule has 0 aliphatic carbocycles. The fourth-order valence-corrected chi connectivity index (χ4v) is 2.53. The Labute approximate surface area is 132 Å². The summed E-state index contributed by atoms with van der Waals surface area (Å²) >= 11 is 5.92. The second kappa shape index (κ2) is 5.66. The Kier molecular flexibility index (Phi) is 3.69. The molecule has 0 atom stereocenters. The van der Waals surface area contributed by atoms with Crippen LogP contribution in [0.5, 0.6) is 0 Å². The molecule has 0 fully saturated rings. The van der Waals surface area contributed by atoms with Crippen molar-refractivity contribution in [3.8, 4) is 16.9 Å². The van der Waals surface area contributed by atoms with Gasteiger partial charge in [0.1, 0.15) is 0 Å². The van der Waals surface area contributed by atoms with E-state index in [1.54, 1.807) is 23.7 Å². The first-order chi connectivity index (χ1) is 10.6. The molecule has 5 heteroatoms. The minimum absolute atomic E-state index is 0.0498. The third-order valence-electron chi connectivity index (χ3n) is 3.44. The Morgan fingerprint density at radius 3 is 2.32 bits per heavy atom. The fourth-order valence-electron chi connectivity index (χ4n) is 2.40. The van der Waals surface area contributed by atoms with Crippen LogP contribution in [0.1, 0.15) is 16.1 Å². The highest BCUT2D eigenvalue weighted by atomic mass is 35.5. The van der Waals surface area contributed by atoms with Gasteiger partial charge in [-0.05, 0) is 31.2 Å². The summed E-state index contributed by atoms with van der Waals surface area (Å²) in [5.74, 6) is -1.04. The Hall–Kier alpha value is -2.59. The quantitative estimate of drug-likeness (QED) is 0.788. The molecule has 0 spiro atoms. The van der Waals surface area contributed by atoms with Crippen molar-refractivity contribution in [2.45, 2.75) is 6.92 Å². The molecule has 0 aliphatic rings. The average Bonchev–Trinajstić information content (AvgIpc) is 2.86. The van der Waals surface area contributed by atoms with E-state index in [1.165, 1.54) is 0 Å². The SMILES string of the molecule is Cc1c(C(=O)O)nn(-c2ccc(Cl)cc2)c1-c1ccccc1. The first kappa shape index (κ1) is 14.4. The highest BCUT2D eigenvalue weighted by molar-refractivity contribution is 6.30. The van der Waals surface area contributed by atoms with E-state index in [2.05, 4.69) is 5.10 Å². The molecule has 0 unspecified atom stereocenters. The zero-order valence-electron chi connectivity index (χ0n) is 11.8. The van der Waals surface area contributed by atoms with E-state index in [0.29, 0.717) is 10.6 Å². The number of hydrogen-bond donors (Lipinski definition) is 1. The summed E-state index contributed by atoms with van der Waals surface area (Å²) in [6.07, 6.45) is 0. The molecule has 2 aromatic carbocycles. The van der Waals surface area contributed by atoms with Gasteiger partial charge in [-0.25, -0.2) is 9.48 Å². The maximum atomic E-state index is 11.4. The lowest BCUT2D eigenvalue weighted by molar-refractivity contribution is 0.0689. The maximum Gasteiger partial charge on any atom is 0.356 e. The number of rotatable bonds is 3. The number of halogens is 1. The number of aromatic nitrogens is 2. The number of carboxylic acids is 1. The summed E-state index contributed by atoms with van der Waals surface area (Å²) in [5, 5.41) is 14.2. The van der Waals surface area contributed by atoms with Gasteiger partial charge in [0.15, 0.2) is 5.69 Å². The zero-order chi connectivity index (χ0) is 15.7. The third kappa shape index (κ3) is 2.49. The molecule has 3 aromatic rings. The molecule has 0 bridgehead atoms. The Bertz CT molecular complexity index is 824. The van der Waals surface area contributed by atoms with Gasteiger partial charge >= 0.3 is 5.97 Å². The molecule has 1 aromatic heterocycles. The number of benzene rings is 2. The Morgan fingerprint density at radius 1 is 1.09 bits per heavy atom. The van der Waals surface area contributed by atoms with Crippen LogP contribution in [0.2, 0.25) is 5.02 Å². The Morgan fingerprint density at radius 2 is 1.73 bits per heavy atom. The smallest absolute Gasteiger partial charge is 0.356 e. The van der Waals surface area contributed by atoms with Crippen molar-refractivity contribution in [3.63, 3.8) is 0 Å². The van der Waals surface area contributed by atoms with E-state index in [9.17, 15) is 9.90 Å². The van der Waals surface area contributed by atoms with Crippen LogP contribution in [0.3, 0.4) is 0 Å². The van der Waals surface area contributed by atoms with Gasteiger partial charge in [-0.2, -0.15) is 5.10 Å². The monoisotopic (exact) mass is 312 g/mol. The topological polar surface area (TPSA) is 55.1 Å². The molecule has 0 saturated heterocycles. The minimum atomic E-state index is -1.04. The van der Waals surface area contributed by atoms with Crippen LogP contribution in [0.15, 0.2) is 54.6 Å². The summed E-state index contributed by atoms with van der Waals surface area (Å²) < 4.78 is 1.64. The van der Waals surface area contributed by atoms with E-state index in [1.807, 2.05) is 42.5 Å². The second-order valence-corrected chi connectivity index (χ2v) is 5.32. The van der Waals surface area contributed by atoms with Gasteiger partial charge in [0.05, 0.1) is 11.4 Å². The molecule has 1 N–H and O–H groups in total. The van der Waals surface area contributed by atoms with Crippen LogP contribution in [0.25, 0.3) is 16.9 Å². The van der Waals surface area contributed by atoms with Crippen LogP contribution in [0, 0.1) is 6.92 Å². The molecular formula is C17H13ClN2O2. The summed E-state index contributed by atoms with van der Waals surface area (Å²) in [4.78, 5) is 11.4. The van der Waals surface area contributed by atoms with E-state index in [4.69, 9.17) is 11.6 Å². The van der Waals surface area contributed by atoms with Crippen LogP contribution < -0.4 is 0 Å². The van der Waals surface area contributed by atoms with Crippen molar-refractivity contribution >= 4 is 17.6 Å². The summed E-state index contributed by atoms with van der Waals surface area (Å²) in [7, 11) is 0. The fraction of sp³-hybridized carbons (Fsp3) is 0.0588. The number of nitrogens with zero attached hydrogens (tertiary/aromatic N) is 2. The predicted molar refractivity (Wildman–Crippen MR) is 85.7 cm³/mol. The van der Waals surface area contributed by atoms with E-state index >= 15 is 0 Å². The minimum Gasteiger partial charge on any atom is -0.476 e. The third-order valence-corrected chi connectivity index (χ3v) is 3.70. The van der Waals surface area contributed by atoms with Crippen molar-refractivity contribution in [3.05, 3.63) is 70.9 Å². The molecule has 0 aliphatic heterocycles. The van der Waals surface area contributed by atoms with Gasteiger partial charge < -0.3 is 5.11 Å². The van der Waals surface area contributed by atoms with Gasteiger partial charge in [0.25, 0.3) is 0 Å². The molecule has 22 heavy (non-hydrogen) atoms. The number of hydrogen-bond acceptors (Lipinski definition) is 2. The average molecular weight is 313 g/mol. The molecular weight excluding hydrogens is 300 g/mol. The summed E-state index contributed by atoms with van der Waals surface area (Å²) in [6, 6.07) is 16.7. The molecule has 0 amide bonds. The van der Waals surface area contributed by atoms with Crippen molar-refractivity contribution in [1.29, 1.82) is 0 Å². The summed E-state index contributed by atoms with van der Waals surface area (Å²) in [6.45, 7) is 1.77. The highest BCUT2D eigenvalue weighted by Crippen LogP contribution is 2.29. The van der Waals surface area contributed by atoms with Gasteiger partial charge in [0, 0.05) is 16.1 Å². The first-order valence-corrected chi connectivity index (χ1v) is 7.10. The van der Waals surface area contributed by atoms with Gasteiger partial charge in [-0.3, -0.25) is 0 Å². The van der Waals surface area contributed by atoms with Crippen LogP contribution in [-0.4, -0.2) is 20.9 Å². The summed E-state index contributed by atoms with van der Waals surface area (Å²) in [5.41, 5.74) is 3.12. The predicted octanol–water partition coefficient (Wildman–Crippen LogP) is 4.20.